The molecule has 0 bridgehead atoms. The van der Waals surface area contributed by atoms with Crippen molar-refractivity contribution in [2.45, 2.75) is 61.4 Å². The molecule has 0 heterocycles. The number of carboxylic acid groups (broad SMARTS) is 1. The van der Waals surface area contributed by atoms with E-state index in [-0.39, 0.29) is 36.4 Å². The predicted octanol–water partition coefficient (Wildman–Crippen LogP) is 4.00. The Morgan fingerprint density at radius 3 is 2.52 bits per heavy atom. The van der Waals surface area contributed by atoms with E-state index in [1.54, 1.807) is 19.1 Å². The molecule has 0 saturated heterocycles. The summed E-state index contributed by atoms with van der Waals surface area (Å²) in [6.45, 7) is 3.80. The topological polar surface area (TPSA) is 101 Å². The van der Waals surface area contributed by atoms with E-state index in [9.17, 15) is 24.6 Å². The Labute approximate surface area is 195 Å². The molecule has 4 aliphatic carbocycles. The van der Waals surface area contributed by atoms with Crippen LogP contribution in [0.1, 0.15) is 46.0 Å². The van der Waals surface area contributed by atoms with E-state index in [0.717, 1.165) is 12.0 Å². The minimum absolute atomic E-state index is 0.00133. The van der Waals surface area contributed by atoms with Crippen molar-refractivity contribution in [3.8, 4) is 0 Å². The number of alkyl halides is 3. The quantitative estimate of drug-likeness (QED) is 0.447. The summed E-state index contributed by atoms with van der Waals surface area (Å²) in [6.07, 6.45) is 6.39. The first kappa shape index (κ1) is 23.1. The molecule has 0 aromatic heterocycles. The van der Waals surface area contributed by atoms with Crippen LogP contribution in [0, 0.1) is 28.6 Å². The Morgan fingerprint density at radius 2 is 1.90 bits per heavy atom. The number of carbonyl (C=O) groups is 3. The van der Waals surface area contributed by atoms with Crippen LogP contribution in [0.4, 0.5) is 0 Å². The van der Waals surface area contributed by atoms with Gasteiger partial charge >= 0.3 is 11.9 Å². The summed E-state index contributed by atoms with van der Waals surface area (Å²) < 4.78 is 3.06. The lowest BCUT2D eigenvalue weighted by molar-refractivity contribution is -0.209. The standard InChI is InChI=1S/C22H25Cl3O6/c1-19-7-5-12(26)9-11(19)3-4-13-14-6-8-21(17(28)29,31-18(30)22(23,24)25)20(14,2)10-15(27)16(13)19/h5,7,9,13-16,27H,3-4,6,8,10H2,1-2H3,(H,28,29)/t13-,14-,15-,16+,19-,20-,21-/m0/s1. The summed E-state index contributed by atoms with van der Waals surface area (Å²) >= 11 is 17.0. The molecule has 31 heavy (non-hydrogen) atoms. The van der Waals surface area contributed by atoms with Gasteiger partial charge in [0.25, 0.3) is 3.79 Å². The molecule has 0 radical (unpaired) electrons. The molecule has 170 valence electrons. The normalized spacial score (nSPS) is 44.1. The molecular weight excluding hydrogens is 467 g/mol. The minimum atomic E-state index is -2.40. The van der Waals surface area contributed by atoms with Crippen molar-refractivity contribution >= 4 is 52.5 Å². The fourth-order valence-electron chi connectivity index (χ4n) is 7.09. The van der Waals surface area contributed by atoms with E-state index < -0.39 is 38.3 Å². The summed E-state index contributed by atoms with van der Waals surface area (Å²) in [7, 11) is 0. The third kappa shape index (κ3) is 3.20. The van der Waals surface area contributed by atoms with Crippen molar-refractivity contribution < 1.29 is 29.3 Å². The molecule has 4 rings (SSSR count). The number of esters is 1. The van der Waals surface area contributed by atoms with Crippen molar-refractivity contribution in [1.29, 1.82) is 0 Å². The molecule has 0 aliphatic heterocycles. The van der Waals surface area contributed by atoms with Crippen molar-refractivity contribution in [3.63, 3.8) is 0 Å². The Balaban J connectivity index is 1.74. The van der Waals surface area contributed by atoms with Gasteiger partial charge in [-0.1, -0.05) is 60.3 Å². The number of ketones is 1. The lowest BCUT2D eigenvalue weighted by Gasteiger charge is -2.59. The largest absolute Gasteiger partial charge is 0.478 e. The lowest BCUT2D eigenvalue weighted by atomic mass is 9.46. The van der Waals surface area contributed by atoms with E-state index in [4.69, 9.17) is 39.5 Å². The van der Waals surface area contributed by atoms with Crippen LogP contribution < -0.4 is 0 Å². The average Bonchev–Trinajstić information content (AvgIpc) is 2.94. The summed E-state index contributed by atoms with van der Waals surface area (Å²) in [5.41, 5.74) is -2.38. The molecule has 0 amide bonds. The number of rotatable bonds is 2. The SMILES string of the molecule is C[C@]12C=CC(=O)C=C1CC[C@@H]1[C@@H]2[C@@H](O)C[C@@]2(C)[C@H]1CC[C@]2(OC(=O)C(Cl)(Cl)Cl)C(=O)O. The van der Waals surface area contributed by atoms with Gasteiger partial charge in [-0.15, -0.1) is 0 Å². The third-order valence-electron chi connectivity index (χ3n) is 8.46. The molecule has 0 aromatic carbocycles. The third-order valence-corrected chi connectivity index (χ3v) is 8.92. The van der Waals surface area contributed by atoms with E-state index in [1.807, 2.05) is 13.0 Å². The Bertz CT molecular complexity index is 907. The number of aliphatic hydroxyl groups is 1. The number of hydrogen-bond donors (Lipinski definition) is 2. The van der Waals surface area contributed by atoms with E-state index in [2.05, 4.69) is 0 Å². The van der Waals surface area contributed by atoms with Crippen LogP contribution in [0.15, 0.2) is 23.8 Å². The van der Waals surface area contributed by atoms with Crippen molar-refractivity contribution in [1.82, 2.24) is 0 Å². The number of fused-ring (bicyclic) bond motifs is 5. The highest BCUT2D eigenvalue weighted by molar-refractivity contribution is 6.75. The van der Waals surface area contributed by atoms with Crippen LogP contribution in [0.25, 0.3) is 0 Å². The zero-order valence-corrected chi connectivity index (χ0v) is 19.5. The summed E-state index contributed by atoms with van der Waals surface area (Å²) in [5.74, 6) is -2.84. The van der Waals surface area contributed by atoms with Gasteiger partial charge in [-0.25, -0.2) is 9.59 Å². The smallest absolute Gasteiger partial charge is 0.359 e. The summed E-state index contributed by atoms with van der Waals surface area (Å²) in [6, 6.07) is 0. The first-order chi connectivity index (χ1) is 14.3. The van der Waals surface area contributed by atoms with Crippen LogP contribution in [0.3, 0.4) is 0 Å². The molecule has 4 aliphatic rings. The highest BCUT2D eigenvalue weighted by Gasteiger charge is 2.71. The number of halogens is 3. The maximum atomic E-state index is 12.5. The molecule has 9 heteroatoms. The zero-order valence-electron chi connectivity index (χ0n) is 17.2. The van der Waals surface area contributed by atoms with Gasteiger partial charge in [-0.3, -0.25) is 4.79 Å². The number of allylic oxidation sites excluding steroid dienone is 4. The lowest BCUT2D eigenvalue weighted by Crippen LogP contribution is -2.63. The van der Waals surface area contributed by atoms with Crippen LogP contribution in [-0.4, -0.2) is 43.4 Å². The van der Waals surface area contributed by atoms with Gasteiger partial charge in [0.15, 0.2) is 5.78 Å². The number of aliphatic hydroxyl groups excluding tert-OH is 1. The molecule has 3 fully saturated rings. The molecule has 3 saturated carbocycles. The van der Waals surface area contributed by atoms with Crippen molar-refractivity contribution in [2.24, 2.45) is 28.6 Å². The molecule has 0 spiro atoms. The number of carboxylic acids is 1. The Morgan fingerprint density at radius 1 is 1.23 bits per heavy atom. The fourth-order valence-corrected chi connectivity index (χ4v) is 7.21. The van der Waals surface area contributed by atoms with Gasteiger partial charge < -0.3 is 14.9 Å². The number of aliphatic carboxylic acids is 1. The number of hydrogen-bond acceptors (Lipinski definition) is 5. The Hall–Kier alpha value is -1.08. The van der Waals surface area contributed by atoms with Gasteiger partial charge in [0.2, 0.25) is 5.60 Å². The molecule has 6 nitrogen and oxygen atoms in total. The number of carbonyl (C=O) groups excluding carboxylic acids is 2. The maximum absolute atomic E-state index is 12.5. The average molecular weight is 492 g/mol. The Kier molecular flexibility index (Phi) is 5.37. The predicted molar refractivity (Wildman–Crippen MR) is 115 cm³/mol. The second-order valence-corrected chi connectivity index (χ2v) is 12.1. The van der Waals surface area contributed by atoms with Crippen molar-refractivity contribution in [2.75, 3.05) is 0 Å². The van der Waals surface area contributed by atoms with Crippen LogP contribution in [-0.2, 0) is 19.1 Å². The molecule has 0 aromatic rings. The van der Waals surface area contributed by atoms with Gasteiger partial charge in [0.05, 0.1) is 6.10 Å². The second-order valence-electron chi connectivity index (χ2n) is 9.77. The highest BCUT2D eigenvalue weighted by atomic mass is 35.6. The van der Waals surface area contributed by atoms with E-state index >= 15 is 0 Å². The molecule has 0 unspecified atom stereocenters. The van der Waals surface area contributed by atoms with Crippen molar-refractivity contribution in [3.05, 3.63) is 23.8 Å². The van der Waals surface area contributed by atoms with E-state index in [0.29, 0.717) is 12.8 Å². The monoisotopic (exact) mass is 490 g/mol. The highest BCUT2D eigenvalue weighted by Crippen LogP contribution is 2.68. The molecule has 2 N–H and O–H groups in total. The number of ether oxygens (including phenoxy) is 1. The second kappa shape index (κ2) is 7.21. The maximum Gasteiger partial charge on any atom is 0.359 e. The first-order valence-electron chi connectivity index (χ1n) is 10.4. The summed E-state index contributed by atoms with van der Waals surface area (Å²) in [4.78, 5) is 36.8. The van der Waals surface area contributed by atoms with Gasteiger partial charge in [-0.05, 0) is 56.1 Å². The summed E-state index contributed by atoms with van der Waals surface area (Å²) in [5, 5.41) is 21.5. The van der Waals surface area contributed by atoms with Crippen LogP contribution in [0.5, 0.6) is 0 Å². The molecular formula is C22H25Cl3O6. The fraction of sp³-hybridized carbons (Fsp3) is 0.682. The van der Waals surface area contributed by atoms with Crippen LogP contribution >= 0.6 is 34.8 Å². The van der Waals surface area contributed by atoms with Crippen LogP contribution in [0.2, 0.25) is 0 Å². The van der Waals surface area contributed by atoms with E-state index in [1.165, 1.54) is 0 Å². The first-order valence-corrected chi connectivity index (χ1v) is 11.6. The van der Waals surface area contributed by atoms with Gasteiger partial charge in [0, 0.05) is 16.7 Å². The minimum Gasteiger partial charge on any atom is -0.478 e. The zero-order chi connectivity index (χ0) is 23.0. The molecule has 7 atom stereocenters. The van der Waals surface area contributed by atoms with Gasteiger partial charge in [-0.2, -0.15) is 0 Å². The van der Waals surface area contributed by atoms with Gasteiger partial charge in [0.1, 0.15) is 0 Å².